The van der Waals surface area contributed by atoms with Gasteiger partial charge in [0.15, 0.2) is 0 Å². The smallest absolute Gasteiger partial charge is 0.214 e. The molecule has 5 rings (SSSR count). The van der Waals surface area contributed by atoms with Gasteiger partial charge in [-0.25, -0.2) is 8.78 Å². The molecule has 7 nitrogen and oxygen atoms in total. The summed E-state index contributed by atoms with van der Waals surface area (Å²) in [7, 11) is 0. The van der Waals surface area contributed by atoms with E-state index in [2.05, 4.69) is 25.8 Å². The van der Waals surface area contributed by atoms with Crippen molar-refractivity contribution in [2.45, 2.75) is 30.5 Å². The molecule has 170 valence electrons. The lowest BCUT2D eigenvalue weighted by atomic mass is 9.65. The molecule has 1 saturated carbocycles. The molecule has 1 amide bonds. The van der Waals surface area contributed by atoms with Gasteiger partial charge in [-0.3, -0.25) is 9.78 Å². The SMILES string of the molecule is O=CN(c1cccc(-c2ccc(NCC3(c4ncccc4F)CC(F)C3)nn2)c1)C1CNC1. The molecule has 2 aromatic heterocycles. The Balaban J connectivity index is 1.30. The molecule has 0 atom stereocenters. The van der Waals surface area contributed by atoms with Gasteiger partial charge >= 0.3 is 0 Å². The Morgan fingerprint density at radius 2 is 2.00 bits per heavy atom. The van der Waals surface area contributed by atoms with Crippen LogP contribution in [0.3, 0.4) is 0 Å². The van der Waals surface area contributed by atoms with Gasteiger partial charge in [0, 0.05) is 42.5 Å². The molecular formula is C24H24F2N6O. The number of amides is 1. The summed E-state index contributed by atoms with van der Waals surface area (Å²) in [4.78, 5) is 17.5. The molecule has 1 aliphatic carbocycles. The third-order valence-electron chi connectivity index (χ3n) is 6.46. The van der Waals surface area contributed by atoms with Crippen molar-refractivity contribution in [3.63, 3.8) is 0 Å². The largest absolute Gasteiger partial charge is 0.368 e. The normalized spacial score (nSPS) is 22.2. The third-order valence-corrected chi connectivity index (χ3v) is 6.46. The van der Waals surface area contributed by atoms with E-state index in [-0.39, 0.29) is 24.6 Å². The predicted octanol–water partition coefficient (Wildman–Crippen LogP) is 3.09. The zero-order valence-electron chi connectivity index (χ0n) is 17.9. The standard InChI is InChI=1S/C24H24F2N6O/c25-17-10-24(11-17,23-20(26)5-2-8-28-23)14-29-22-7-6-21(30-31-22)16-3-1-4-18(9-16)32(15-33)19-12-27-13-19/h1-9,15,17,19,27H,10-14H2,(H,29,31). The monoisotopic (exact) mass is 450 g/mol. The van der Waals surface area contributed by atoms with Gasteiger partial charge in [-0.05, 0) is 49.2 Å². The van der Waals surface area contributed by atoms with Crippen molar-refractivity contribution >= 4 is 17.9 Å². The van der Waals surface area contributed by atoms with Gasteiger partial charge in [0.05, 0.1) is 17.4 Å². The number of halogens is 2. The van der Waals surface area contributed by atoms with Crippen LogP contribution in [-0.4, -0.2) is 53.4 Å². The molecule has 3 heterocycles. The number of alkyl halides is 1. The molecule has 1 aromatic carbocycles. The number of carbonyl (C=O) groups excluding carboxylic acids is 1. The van der Waals surface area contributed by atoms with Crippen LogP contribution in [0.5, 0.6) is 0 Å². The number of aromatic nitrogens is 3. The van der Waals surface area contributed by atoms with Crippen LogP contribution in [0.4, 0.5) is 20.3 Å². The third kappa shape index (κ3) is 4.16. The molecule has 1 saturated heterocycles. The van der Waals surface area contributed by atoms with Crippen LogP contribution in [-0.2, 0) is 10.2 Å². The van der Waals surface area contributed by atoms with Crippen LogP contribution in [0.25, 0.3) is 11.3 Å². The average molecular weight is 450 g/mol. The Morgan fingerprint density at radius 1 is 1.15 bits per heavy atom. The van der Waals surface area contributed by atoms with Gasteiger partial charge in [-0.1, -0.05) is 12.1 Å². The Bertz CT molecular complexity index is 1130. The highest BCUT2D eigenvalue weighted by molar-refractivity contribution is 5.79. The first kappa shape index (κ1) is 21.4. The van der Waals surface area contributed by atoms with E-state index >= 15 is 0 Å². The van der Waals surface area contributed by atoms with Crippen molar-refractivity contribution in [3.8, 4) is 11.3 Å². The molecule has 2 fully saturated rings. The first-order valence-corrected chi connectivity index (χ1v) is 11.0. The predicted molar refractivity (Wildman–Crippen MR) is 121 cm³/mol. The number of benzene rings is 1. The Morgan fingerprint density at radius 3 is 2.64 bits per heavy atom. The maximum absolute atomic E-state index is 14.3. The molecule has 0 radical (unpaired) electrons. The molecule has 2 N–H and O–H groups in total. The van der Waals surface area contributed by atoms with Crippen LogP contribution in [0.2, 0.25) is 0 Å². The Hall–Kier alpha value is -3.46. The van der Waals surface area contributed by atoms with E-state index in [0.29, 0.717) is 18.1 Å². The van der Waals surface area contributed by atoms with E-state index in [4.69, 9.17) is 0 Å². The zero-order valence-corrected chi connectivity index (χ0v) is 17.9. The van der Waals surface area contributed by atoms with Gasteiger partial charge in [0.1, 0.15) is 17.8 Å². The summed E-state index contributed by atoms with van der Waals surface area (Å²) in [6.45, 7) is 1.86. The fourth-order valence-corrected chi connectivity index (χ4v) is 4.48. The maximum Gasteiger partial charge on any atom is 0.214 e. The minimum absolute atomic E-state index is 0.155. The van der Waals surface area contributed by atoms with Crippen molar-refractivity contribution in [2.75, 3.05) is 29.9 Å². The van der Waals surface area contributed by atoms with E-state index in [9.17, 15) is 13.6 Å². The van der Waals surface area contributed by atoms with E-state index < -0.39 is 17.4 Å². The molecular weight excluding hydrogens is 426 g/mol. The van der Waals surface area contributed by atoms with Crippen LogP contribution in [0, 0.1) is 5.82 Å². The van der Waals surface area contributed by atoms with Crippen molar-refractivity contribution in [2.24, 2.45) is 0 Å². The van der Waals surface area contributed by atoms with Crippen LogP contribution in [0.15, 0.2) is 54.7 Å². The van der Waals surface area contributed by atoms with Crippen molar-refractivity contribution < 1.29 is 13.6 Å². The van der Waals surface area contributed by atoms with E-state index in [1.54, 1.807) is 11.0 Å². The van der Waals surface area contributed by atoms with Crippen LogP contribution < -0.4 is 15.5 Å². The molecule has 0 spiro atoms. The van der Waals surface area contributed by atoms with Gasteiger partial charge in [-0.2, -0.15) is 0 Å². The van der Waals surface area contributed by atoms with E-state index in [0.717, 1.165) is 30.8 Å². The molecule has 33 heavy (non-hydrogen) atoms. The summed E-state index contributed by atoms with van der Waals surface area (Å²) in [5.74, 6) is 0.0950. The second-order valence-electron chi connectivity index (χ2n) is 8.65. The summed E-state index contributed by atoms with van der Waals surface area (Å²) in [6, 6.07) is 14.3. The zero-order chi connectivity index (χ0) is 22.8. The lowest BCUT2D eigenvalue weighted by Crippen LogP contribution is -2.57. The summed E-state index contributed by atoms with van der Waals surface area (Å²) < 4.78 is 28.1. The maximum atomic E-state index is 14.3. The van der Waals surface area contributed by atoms with E-state index in [1.165, 1.54) is 18.3 Å². The van der Waals surface area contributed by atoms with Crippen LogP contribution >= 0.6 is 0 Å². The number of nitrogens with one attached hydrogen (secondary N) is 2. The number of anilines is 2. The van der Waals surface area contributed by atoms with Gasteiger partial charge in [0.25, 0.3) is 0 Å². The van der Waals surface area contributed by atoms with Gasteiger partial charge in [0.2, 0.25) is 6.41 Å². The number of carbonyl (C=O) groups is 1. The summed E-state index contributed by atoms with van der Waals surface area (Å²) in [5.41, 5.74) is 1.90. The number of rotatable bonds is 8. The highest BCUT2D eigenvalue weighted by Crippen LogP contribution is 2.45. The average Bonchev–Trinajstić information content (AvgIpc) is 2.79. The van der Waals surface area contributed by atoms with Crippen molar-refractivity contribution in [1.29, 1.82) is 0 Å². The quantitative estimate of drug-likeness (QED) is 0.514. The summed E-state index contributed by atoms with van der Waals surface area (Å²) in [6.07, 6.45) is 1.86. The molecule has 3 aromatic rings. The summed E-state index contributed by atoms with van der Waals surface area (Å²) in [5, 5.41) is 14.9. The Kier molecular flexibility index (Phi) is 5.72. The second-order valence-corrected chi connectivity index (χ2v) is 8.65. The van der Waals surface area contributed by atoms with Gasteiger partial charge in [-0.15, -0.1) is 10.2 Å². The number of hydrogen-bond acceptors (Lipinski definition) is 6. The minimum Gasteiger partial charge on any atom is -0.368 e. The van der Waals surface area contributed by atoms with Gasteiger partial charge < -0.3 is 15.5 Å². The molecule has 2 aliphatic rings. The lowest BCUT2D eigenvalue weighted by molar-refractivity contribution is -0.108. The lowest BCUT2D eigenvalue weighted by Gasteiger charge is -2.44. The highest BCUT2D eigenvalue weighted by atomic mass is 19.1. The van der Waals surface area contributed by atoms with Crippen LogP contribution in [0.1, 0.15) is 18.5 Å². The number of nitrogens with zero attached hydrogens (tertiary/aromatic N) is 4. The number of pyridine rings is 1. The fraction of sp³-hybridized carbons (Fsp3) is 0.333. The summed E-state index contributed by atoms with van der Waals surface area (Å²) >= 11 is 0. The van der Waals surface area contributed by atoms with Crippen molar-refractivity contribution in [1.82, 2.24) is 20.5 Å². The molecule has 0 unspecified atom stereocenters. The Labute approximate surface area is 190 Å². The highest BCUT2D eigenvalue weighted by Gasteiger charge is 2.48. The molecule has 0 bridgehead atoms. The molecule has 1 aliphatic heterocycles. The number of hydrogen-bond donors (Lipinski definition) is 2. The second kappa shape index (κ2) is 8.82. The minimum atomic E-state index is -0.962. The topological polar surface area (TPSA) is 83.0 Å². The molecule has 9 heteroatoms. The van der Waals surface area contributed by atoms with E-state index in [1.807, 2.05) is 30.3 Å². The fourth-order valence-electron chi connectivity index (χ4n) is 4.48. The first-order chi connectivity index (χ1) is 16.1. The van der Waals surface area contributed by atoms with Crippen molar-refractivity contribution in [3.05, 3.63) is 66.2 Å². The first-order valence-electron chi connectivity index (χ1n) is 11.0.